The van der Waals surface area contributed by atoms with Gasteiger partial charge < -0.3 is 10.5 Å². The zero-order chi connectivity index (χ0) is 17.7. The number of rotatable bonds is 7. The molecule has 0 spiro atoms. The lowest BCUT2D eigenvalue weighted by Crippen LogP contribution is -2.16. The van der Waals surface area contributed by atoms with Crippen LogP contribution in [0.1, 0.15) is 18.2 Å². The van der Waals surface area contributed by atoms with Gasteiger partial charge in [0.2, 0.25) is 0 Å². The van der Waals surface area contributed by atoms with Crippen molar-refractivity contribution in [1.29, 1.82) is 0 Å². The molecule has 1 aromatic heterocycles. The van der Waals surface area contributed by atoms with E-state index in [1.807, 2.05) is 0 Å². The average molecular weight is 390 g/mol. The number of carbonyl (C=O) groups is 1. The molecule has 0 amide bonds. The largest absolute Gasteiger partial charge is 0.466 e. The minimum Gasteiger partial charge on any atom is -0.466 e. The number of hydrogen-bond donors (Lipinski definition) is 2. The molecule has 0 unspecified atom stereocenters. The van der Waals surface area contributed by atoms with Crippen molar-refractivity contribution in [3.63, 3.8) is 0 Å². The summed E-state index contributed by atoms with van der Waals surface area (Å²) in [6.07, 6.45) is -0.0128. The lowest BCUT2D eigenvalue weighted by atomic mass is 10.2. The van der Waals surface area contributed by atoms with Crippen LogP contribution in [0.4, 0.5) is 5.13 Å². The summed E-state index contributed by atoms with van der Waals surface area (Å²) in [5.41, 5.74) is 6.42. The third-order valence-corrected chi connectivity index (χ3v) is 5.55. The van der Waals surface area contributed by atoms with Gasteiger partial charge in [0, 0.05) is 16.9 Å². The van der Waals surface area contributed by atoms with E-state index in [1.54, 1.807) is 12.3 Å². The lowest BCUT2D eigenvalue weighted by Gasteiger charge is -2.10. The van der Waals surface area contributed by atoms with Crippen LogP contribution in [0.5, 0.6) is 0 Å². The smallest absolute Gasteiger partial charge is 0.311 e. The molecule has 2 aromatic rings. The fourth-order valence-electron chi connectivity index (χ4n) is 1.93. The highest BCUT2D eigenvalue weighted by atomic mass is 35.5. The van der Waals surface area contributed by atoms with E-state index in [1.165, 1.54) is 18.2 Å². The quantitative estimate of drug-likeness (QED) is 0.702. The molecular weight excluding hydrogens is 374 g/mol. The molecule has 7 nitrogen and oxygen atoms in total. The molecule has 0 saturated carbocycles. The summed E-state index contributed by atoms with van der Waals surface area (Å²) >= 11 is 6.94. The first-order valence-electron chi connectivity index (χ1n) is 6.97. The Morgan fingerprint density at radius 1 is 1.46 bits per heavy atom. The van der Waals surface area contributed by atoms with E-state index in [4.69, 9.17) is 22.1 Å². The van der Waals surface area contributed by atoms with Crippen LogP contribution in [-0.2, 0) is 32.5 Å². The number of aromatic nitrogens is 1. The van der Waals surface area contributed by atoms with Gasteiger partial charge in [0.05, 0.1) is 23.6 Å². The van der Waals surface area contributed by atoms with Crippen LogP contribution in [0.3, 0.4) is 0 Å². The Bertz CT molecular complexity index is 836. The van der Waals surface area contributed by atoms with Crippen molar-refractivity contribution in [2.75, 3.05) is 11.3 Å². The van der Waals surface area contributed by atoms with Gasteiger partial charge in [-0.1, -0.05) is 11.6 Å². The third-order valence-electron chi connectivity index (χ3n) is 2.94. The minimum atomic E-state index is -3.86. The number of anilines is 1. The first-order chi connectivity index (χ1) is 11.4. The van der Waals surface area contributed by atoms with Crippen molar-refractivity contribution in [3.05, 3.63) is 39.9 Å². The highest BCUT2D eigenvalue weighted by Gasteiger charge is 2.20. The van der Waals surface area contributed by atoms with E-state index >= 15 is 0 Å². The van der Waals surface area contributed by atoms with Crippen LogP contribution >= 0.6 is 22.9 Å². The second-order valence-corrected chi connectivity index (χ2v) is 7.63. The molecule has 0 aliphatic heterocycles. The number of nitrogens with zero attached hydrogens (tertiary/aromatic N) is 1. The van der Waals surface area contributed by atoms with Crippen molar-refractivity contribution < 1.29 is 17.9 Å². The van der Waals surface area contributed by atoms with Gasteiger partial charge >= 0.3 is 5.97 Å². The topological polar surface area (TPSA) is 111 Å². The third kappa shape index (κ3) is 4.67. The molecule has 0 aliphatic rings. The van der Waals surface area contributed by atoms with Gasteiger partial charge in [-0.2, -0.15) is 0 Å². The van der Waals surface area contributed by atoms with E-state index in [9.17, 15) is 13.2 Å². The summed E-state index contributed by atoms with van der Waals surface area (Å²) < 4.78 is 32.2. The number of nitrogens with one attached hydrogen (secondary N) is 1. The Morgan fingerprint density at radius 2 is 2.21 bits per heavy atom. The highest BCUT2D eigenvalue weighted by Crippen LogP contribution is 2.24. The summed E-state index contributed by atoms with van der Waals surface area (Å²) in [7, 11) is -3.86. The molecule has 0 atom stereocenters. The first kappa shape index (κ1) is 18.7. The zero-order valence-corrected chi connectivity index (χ0v) is 15.2. The molecule has 130 valence electrons. The van der Waals surface area contributed by atoms with Crippen LogP contribution in [0, 0.1) is 0 Å². The van der Waals surface area contributed by atoms with Gasteiger partial charge in [-0.25, -0.2) is 13.4 Å². The predicted octanol–water partition coefficient (Wildman–Crippen LogP) is 2.16. The predicted molar refractivity (Wildman–Crippen MR) is 92.6 cm³/mol. The van der Waals surface area contributed by atoms with Crippen molar-refractivity contribution in [2.45, 2.75) is 24.8 Å². The van der Waals surface area contributed by atoms with Crippen molar-refractivity contribution in [2.24, 2.45) is 5.73 Å². The number of ether oxygens (including phenoxy) is 1. The number of nitrogens with two attached hydrogens (primary N) is 1. The molecule has 10 heteroatoms. The SMILES string of the molecule is CCOC(=O)Cc1csc(NS(=O)(=O)c2ccc(Cl)cc2CN)n1. The second kappa shape index (κ2) is 7.93. The van der Waals surface area contributed by atoms with Gasteiger partial charge in [-0.05, 0) is 30.7 Å². The molecule has 2 rings (SSSR count). The average Bonchev–Trinajstić information content (AvgIpc) is 2.93. The summed E-state index contributed by atoms with van der Waals surface area (Å²) in [6.45, 7) is 2.02. The summed E-state index contributed by atoms with van der Waals surface area (Å²) in [5, 5.41) is 2.16. The van der Waals surface area contributed by atoms with Crippen LogP contribution in [-0.4, -0.2) is 26.0 Å². The number of thiazole rings is 1. The number of hydrogen-bond acceptors (Lipinski definition) is 7. The van der Waals surface area contributed by atoms with Crippen LogP contribution in [0.15, 0.2) is 28.5 Å². The molecule has 1 heterocycles. The molecule has 0 radical (unpaired) electrons. The minimum absolute atomic E-state index is 0.0128. The number of sulfonamides is 1. The molecule has 24 heavy (non-hydrogen) atoms. The maximum absolute atomic E-state index is 12.5. The fourth-order valence-corrected chi connectivity index (χ4v) is 4.32. The van der Waals surface area contributed by atoms with Crippen LogP contribution in [0.2, 0.25) is 5.02 Å². The Balaban J connectivity index is 2.18. The van der Waals surface area contributed by atoms with Gasteiger partial charge in [0.1, 0.15) is 0 Å². The van der Waals surface area contributed by atoms with Gasteiger partial charge in [0.15, 0.2) is 5.13 Å². The number of benzene rings is 1. The van der Waals surface area contributed by atoms with Crippen molar-refractivity contribution in [3.8, 4) is 0 Å². The van der Waals surface area contributed by atoms with Crippen LogP contribution in [0.25, 0.3) is 0 Å². The second-order valence-electron chi connectivity index (χ2n) is 4.69. The number of carbonyl (C=O) groups excluding carboxylic acids is 1. The molecule has 0 fully saturated rings. The summed E-state index contributed by atoms with van der Waals surface area (Å²) in [4.78, 5) is 15.5. The molecular formula is C14H16ClN3O4S2. The van der Waals surface area contributed by atoms with Crippen molar-refractivity contribution >= 4 is 44.1 Å². The molecule has 0 aliphatic carbocycles. The van der Waals surface area contributed by atoms with E-state index in [0.29, 0.717) is 16.3 Å². The normalized spacial score (nSPS) is 11.3. The monoisotopic (exact) mass is 389 g/mol. The van der Waals surface area contributed by atoms with Gasteiger partial charge in [0.25, 0.3) is 10.0 Å². The fraction of sp³-hybridized carbons (Fsp3) is 0.286. The summed E-state index contributed by atoms with van der Waals surface area (Å²) in [6, 6.07) is 4.37. The first-order valence-corrected chi connectivity index (χ1v) is 9.71. The standard InChI is InChI=1S/C14H16ClN3O4S2/c1-2-22-13(19)6-11-8-23-14(17-11)18-24(20,21)12-4-3-10(15)5-9(12)7-16/h3-5,8H,2,6-7,16H2,1H3,(H,17,18). The highest BCUT2D eigenvalue weighted by molar-refractivity contribution is 7.93. The molecule has 0 bridgehead atoms. The Labute approximate surface area is 148 Å². The van der Waals surface area contributed by atoms with Gasteiger partial charge in [-0.15, -0.1) is 11.3 Å². The lowest BCUT2D eigenvalue weighted by molar-refractivity contribution is -0.142. The Hall–Kier alpha value is -1.68. The maximum atomic E-state index is 12.5. The Morgan fingerprint density at radius 3 is 2.88 bits per heavy atom. The van der Waals surface area contributed by atoms with Crippen LogP contribution < -0.4 is 10.5 Å². The molecule has 3 N–H and O–H groups in total. The Kier molecular flexibility index (Phi) is 6.16. The zero-order valence-electron chi connectivity index (χ0n) is 12.8. The number of esters is 1. The van der Waals surface area contributed by atoms with E-state index in [0.717, 1.165) is 11.3 Å². The molecule has 1 aromatic carbocycles. The van der Waals surface area contributed by atoms with Crippen molar-refractivity contribution in [1.82, 2.24) is 4.98 Å². The van der Waals surface area contributed by atoms with Gasteiger partial charge in [-0.3, -0.25) is 9.52 Å². The summed E-state index contributed by atoms with van der Waals surface area (Å²) in [5.74, 6) is -0.416. The molecule has 0 saturated heterocycles. The van der Waals surface area contributed by atoms with E-state index in [2.05, 4.69) is 9.71 Å². The number of halogens is 1. The maximum Gasteiger partial charge on any atom is 0.311 e. The van der Waals surface area contributed by atoms with E-state index < -0.39 is 16.0 Å². The van der Waals surface area contributed by atoms with E-state index in [-0.39, 0.29) is 29.6 Å².